The van der Waals surface area contributed by atoms with Crippen LogP contribution < -0.4 is 15.6 Å². The lowest BCUT2D eigenvalue weighted by Crippen LogP contribution is -2.38. The number of benzene rings is 2. The van der Waals surface area contributed by atoms with Crippen LogP contribution in [0.2, 0.25) is 5.02 Å². The smallest absolute Gasteiger partial charge is 0.293 e. The van der Waals surface area contributed by atoms with Crippen molar-refractivity contribution in [2.24, 2.45) is 5.92 Å². The Morgan fingerprint density at radius 1 is 1.00 bits per heavy atom. The minimum absolute atomic E-state index is 0.0386. The van der Waals surface area contributed by atoms with E-state index < -0.39 is 125 Å². The second-order valence-corrected chi connectivity index (χ2v) is 19.1. The number of nitrogens with one attached hydrogen (secondary N) is 2. The predicted molar refractivity (Wildman–Crippen MR) is 222 cm³/mol. The first-order valence-corrected chi connectivity index (χ1v) is 22.8. The molecule has 2 fully saturated rings. The number of halogens is 9. The average molecular weight is 966 g/mol. The molecule has 6 aromatic rings. The molecule has 348 valence electrons. The number of pyridine rings is 1. The van der Waals surface area contributed by atoms with E-state index in [0.29, 0.717) is 22.7 Å². The van der Waals surface area contributed by atoms with Crippen molar-refractivity contribution in [3.63, 3.8) is 0 Å². The topological polar surface area (TPSA) is 176 Å². The number of alkyl halides is 6. The molecule has 4 heterocycles. The lowest BCUT2D eigenvalue weighted by Gasteiger charge is -2.28. The maximum atomic E-state index is 15.6. The lowest BCUT2D eigenvalue weighted by molar-refractivity contribution is -0.123. The molecule has 1 amide bonds. The number of fused-ring (bicyclic) bond motifs is 5. The fourth-order valence-electron chi connectivity index (χ4n) is 9.43. The van der Waals surface area contributed by atoms with Crippen molar-refractivity contribution in [1.29, 1.82) is 0 Å². The Balaban J connectivity index is 1.27. The number of rotatable bonds is 13. The Hall–Kier alpha value is -5.97. The van der Waals surface area contributed by atoms with Crippen molar-refractivity contribution in [3.05, 3.63) is 103 Å². The summed E-state index contributed by atoms with van der Waals surface area (Å²) in [5, 5.41) is 10.2. The van der Waals surface area contributed by atoms with Crippen molar-refractivity contribution in [3.8, 4) is 5.69 Å². The van der Waals surface area contributed by atoms with E-state index in [9.17, 15) is 44.3 Å². The van der Waals surface area contributed by atoms with Crippen molar-refractivity contribution in [2.75, 3.05) is 11.0 Å². The molecule has 0 bridgehead atoms. The van der Waals surface area contributed by atoms with Crippen LogP contribution in [-0.4, -0.2) is 66.9 Å². The zero-order chi connectivity index (χ0) is 47.4. The number of amides is 1. The van der Waals surface area contributed by atoms with Crippen LogP contribution in [-0.2, 0) is 45.0 Å². The van der Waals surface area contributed by atoms with Gasteiger partial charge in [-0.3, -0.25) is 28.2 Å². The summed E-state index contributed by atoms with van der Waals surface area (Å²) in [5.74, 6) is -13.2. The number of hydrogen-bond donors (Lipinski definition) is 2. The van der Waals surface area contributed by atoms with E-state index in [1.54, 1.807) is 13.0 Å². The van der Waals surface area contributed by atoms with Crippen LogP contribution in [0.1, 0.15) is 96.0 Å². The Bertz CT molecular complexity index is 3170. The molecule has 9 rings (SSSR count). The summed E-state index contributed by atoms with van der Waals surface area (Å²) in [5.41, 5.74) is -3.07. The van der Waals surface area contributed by atoms with Crippen molar-refractivity contribution in [1.82, 2.24) is 39.4 Å². The Morgan fingerprint density at radius 3 is 2.35 bits per heavy atom. The normalized spacial score (nSPS) is 19.3. The van der Waals surface area contributed by atoms with Gasteiger partial charge in [-0.2, -0.15) is 19.0 Å². The minimum atomic E-state index is -4.05. The third kappa shape index (κ3) is 8.06. The number of sulfonamides is 1. The van der Waals surface area contributed by atoms with Crippen LogP contribution in [0.4, 0.5) is 40.9 Å². The third-order valence-electron chi connectivity index (χ3n) is 12.3. The Morgan fingerprint density at radius 2 is 1.70 bits per heavy atom. The van der Waals surface area contributed by atoms with Gasteiger partial charge < -0.3 is 10.1 Å². The minimum Gasteiger partial charge on any atom is -0.344 e. The Kier molecular flexibility index (Phi) is 11.0. The van der Waals surface area contributed by atoms with E-state index in [0.717, 1.165) is 27.6 Å². The molecular formula is C42H36ClF8N9O5S. The molecule has 3 aliphatic rings. The Labute approximate surface area is 373 Å². The summed E-state index contributed by atoms with van der Waals surface area (Å²) in [4.78, 5) is 50.9. The monoisotopic (exact) mass is 965 g/mol. The van der Waals surface area contributed by atoms with Gasteiger partial charge in [-0.1, -0.05) is 11.6 Å². The molecule has 0 aliphatic heterocycles. The summed E-state index contributed by atoms with van der Waals surface area (Å²) in [7, 11) is -4.05. The highest BCUT2D eigenvalue weighted by Gasteiger charge is 2.67. The van der Waals surface area contributed by atoms with Gasteiger partial charge in [-0.05, 0) is 73.6 Å². The highest BCUT2D eigenvalue weighted by Crippen LogP contribution is 2.68. The second kappa shape index (κ2) is 16.1. The SMILES string of the molecule is Cc1cc(C2CCC(F)(F)CC2)nc2nc([C@H](Cc3cc(F)cc(F)c3)NC(=O)Cn3nc(C(F)F)c4c3C(F)(F)[C@@H]3C[C@H]43)n(-c3ccc(Cl)c4c(NS(C)(=O)=O)nn(CC=O)c34)c(=O)c12. The van der Waals surface area contributed by atoms with Gasteiger partial charge in [-0.25, -0.2) is 44.7 Å². The molecule has 2 aromatic carbocycles. The van der Waals surface area contributed by atoms with Crippen LogP contribution in [0.15, 0.2) is 41.2 Å². The molecule has 0 spiro atoms. The van der Waals surface area contributed by atoms with Gasteiger partial charge in [-0.15, -0.1) is 0 Å². The quantitative estimate of drug-likeness (QED) is 0.0869. The fourth-order valence-corrected chi connectivity index (χ4v) is 10.2. The predicted octanol–water partition coefficient (Wildman–Crippen LogP) is 7.68. The molecule has 4 aromatic heterocycles. The number of aromatic nitrogens is 7. The molecule has 14 nitrogen and oxygen atoms in total. The molecule has 3 atom stereocenters. The number of aryl methyl sites for hydroxylation is 1. The molecule has 0 unspecified atom stereocenters. The van der Waals surface area contributed by atoms with Gasteiger partial charge in [0, 0.05) is 48.4 Å². The molecule has 2 N–H and O–H groups in total. The zero-order valence-corrected chi connectivity index (χ0v) is 36.1. The summed E-state index contributed by atoms with van der Waals surface area (Å²) in [6, 6.07) is 4.84. The average Bonchev–Trinajstić information content (AvgIpc) is 3.74. The molecule has 2 saturated carbocycles. The maximum absolute atomic E-state index is 15.6. The van der Waals surface area contributed by atoms with Crippen LogP contribution in [0.25, 0.3) is 27.6 Å². The summed E-state index contributed by atoms with van der Waals surface area (Å²) in [6.07, 6.45) is -3.43. The van der Waals surface area contributed by atoms with Gasteiger partial charge in [0.15, 0.2) is 11.5 Å². The highest BCUT2D eigenvalue weighted by atomic mass is 35.5. The summed E-state index contributed by atoms with van der Waals surface area (Å²) < 4.78 is 147. The van der Waals surface area contributed by atoms with Crippen molar-refractivity contribution in [2.45, 2.75) is 94.7 Å². The van der Waals surface area contributed by atoms with Gasteiger partial charge in [0.25, 0.3) is 17.9 Å². The molecular weight excluding hydrogens is 930 g/mol. The van der Waals surface area contributed by atoms with Crippen LogP contribution in [0, 0.1) is 24.5 Å². The lowest BCUT2D eigenvalue weighted by atomic mass is 9.84. The van der Waals surface area contributed by atoms with E-state index in [4.69, 9.17) is 16.6 Å². The molecule has 3 aliphatic carbocycles. The highest BCUT2D eigenvalue weighted by molar-refractivity contribution is 7.92. The van der Waals surface area contributed by atoms with Gasteiger partial charge in [0.05, 0.1) is 45.8 Å². The first-order chi connectivity index (χ1) is 31.0. The van der Waals surface area contributed by atoms with Gasteiger partial charge in [0.1, 0.15) is 41.7 Å². The van der Waals surface area contributed by atoms with E-state index in [2.05, 4.69) is 25.2 Å². The van der Waals surface area contributed by atoms with Crippen LogP contribution >= 0.6 is 11.6 Å². The first kappa shape index (κ1) is 45.2. The molecule has 66 heavy (non-hydrogen) atoms. The second-order valence-electron chi connectivity index (χ2n) is 16.9. The van der Waals surface area contributed by atoms with E-state index in [1.165, 1.54) is 12.1 Å². The number of hydrogen-bond acceptors (Lipinski definition) is 9. The van der Waals surface area contributed by atoms with Gasteiger partial charge in [0.2, 0.25) is 21.9 Å². The van der Waals surface area contributed by atoms with Crippen molar-refractivity contribution >= 4 is 61.6 Å². The molecule has 24 heteroatoms. The number of carbonyl (C=O) groups excluding carboxylic acids is 2. The molecule has 0 saturated heterocycles. The molecule has 0 radical (unpaired) electrons. The summed E-state index contributed by atoms with van der Waals surface area (Å²) >= 11 is 6.64. The summed E-state index contributed by atoms with van der Waals surface area (Å²) in [6.45, 7) is -0.0544. The standard InChI is InChI=1S/C42H36ClF8N9O5S/c1-18-11-26(20-5-7-41(48,49)8-6-20)53-37-30(18)40(63)60(28-4-3-25(43)32-34(28)58(9-10-61)56-38(32)57-66(2,64)65)39(54-37)27(14-19-12-21(44)15-22(45)13-19)52-29(62)17-59-35-31(33(55-59)36(46)47)23-16-24(23)42(35,50)51/h3-4,10-13,15,20,23-24,27,36H,5-9,14,16-17H2,1-2H3,(H,52,62)(H,56,57)/t23-,24+,27-/m0/s1. The van der Waals surface area contributed by atoms with Crippen molar-refractivity contribution < 1.29 is 53.1 Å². The van der Waals surface area contributed by atoms with E-state index in [1.807, 2.05) is 0 Å². The van der Waals surface area contributed by atoms with Gasteiger partial charge >= 0.3 is 0 Å². The van der Waals surface area contributed by atoms with E-state index >= 15 is 13.6 Å². The maximum Gasteiger partial charge on any atom is 0.293 e. The third-order valence-corrected chi connectivity index (χ3v) is 13.2. The zero-order valence-electron chi connectivity index (χ0n) is 34.6. The largest absolute Gasteiger partial charge is 0.344 e. The van der Waals surface area contributed by atoms with Crippen LogP contribution in [0.3, 0.4) is 0 Å². The number of nitrogens with zero attached hydrogens (tertiary/aromatic N) is 7. The fraction of sp³-hybridized carbons (Fsp3) is 0.405. The van der Waals surface area contributed by atoms with Crippen LogP contribution in [0.5, 0.6) is 0 Å². The number of carbonyl (C=O) groups is 2. The first-order valence-electron chi connectivity index (χ1n) is 20.5. The number of anilines is 1. The van der Waals surface area contributed by atoms with E-state index in [-0.39, 0.29) is 74.4 Å². The number of aldehydes is 1.